The fraction of sp³-hybridized carbons (Fsp3) is 0.675. The number of nitrogens with one attached hydrogen (secondary N) is 9. The molecule has 0 saturated carbocycles. The van der Waals surface area contributed by atoms with Crippen molar-refractivity contribution in [2.45, 2.75) is 127 Å². The van der Waals surface area contributed by atoms with Crippen LogP contribution in [0.3, 0.4) is 0 Å². The highest BCUT2D eigenvalue weighted by atomic mass is 32.1. The maximum Gasteiger partial charge on any atom is 0.327 e. The first-order valence-electron chi connectivity index (χ1n) is 21.9. The van der Waals surface area contributed by atoms with E-state index >= 15 is 0 Å². The van der Waals surface area contributed by atoms with E-state index in [4.69, 9.17) is 11.5 Å². The summed E-state index contributed by atoms with van der Waals surface area (Å²) in [6, 6.07) is -12.5. The molecule has 28 nitrogen and oxygen atoms in total. The van der Waals surface area contributed by atoms with Gasteiger partial charge in [0.25, 0.3) is 0 Å². The number of carboxylic acids is 4. The summed E-state index contributed by atoms with van der Waals surface area (Å²) in [5, 5.41) is 57.8. The Balaban J connectivity index is 6.17. The first-order valence-corrected chi connectivity index (χ1v) is 23.2. The minimum atomic E-state index is -1.95. The maximum absolute atomic E-state index is 13.8. The van der Waals surface area contributed by atoms with Gasteiger partial charge in [0.2, 0.25) is 53.2 Å². The summed E-state index contributed by atoms with van der Waals surface area (Å²) in [4.78, 5) is 164. The summed E-state index contributed by atoms with van der Waals surface area (Å²) in [6.45, 7) is 5.23. The highest BCUT2D eigenvalue weighted by Crippen LogP contribution is 2.11. The van der Waals surface area contributed by atoms with Crippen molar-refractivity contribution in [2.75, 3.05) is 31.1 Å². The fourth-order valence-corrected chi connectivity index (χ4v) is 6.39. The fourth-order valence-electron chi connectivity index (χ4n) is 5.97. The van der Waals surface area contributed by atoms with Gasteiger partial charge in [-0.1, -0.05) is 34.1 Å². The Bertz CT molecular complexity index is 1880. The van der Waals surface area contributed by atoms with E-state index in [-0.39, 0.29) is 43.2 Å². The van der Waals surface area contributed by atoms with Crippen LogP contribution in [0.2, 0.25) is 0 Å². The van der Waals surface area contributed by atoms with Gasteiger partial charge >= 0.3 is 23.9 Å². The number of amides is 9. The molecular weight excluding hydrogens is 971 g/mol. The van der Waals surface area contributed by atoms with E-state index in [2.05, 4.69) is 73.1 Å². The number of nitrogens with two attached hydrogens (primary N) is 2. The Morgan fingerprint density at radius 3 is 1.37 bits per heavy atom. The van der Waals surface area contributed by atoms with Crippen molar-refractivity contribution in [1.82, 2.24) is 47.9 Å². The third kappa shape index (κ3) is 25.4. The van der Waals surface area contributed by atoms with E-state index in [9.17, 15) is 82.8 Å². The molecule has 0 aliphatic heterocycles. The molecule has 9 atom stereocenters. The molecule has 0 aromatic rings. The van der Waals surface area contributed by atoms with Gasteiger partial charge in [0, 0.05) is 11.5 Å². The third-order valence-corrected chi connectivity index (χ3v) is 10.7. The van der Waals surface area contributed by atoms with Crippen molar-refractivity contribution in [1.29, 1.82) is 0 Å². The van der Waals surface area contributed by atoms with Gasteiger partial charge in [-0.3, -0.25) is 57.5 Å². The Hall–Kier alpha value is -6.27. The highest BCUT2D eigenvalue weighted by molar-refractivity contribution is 7.80. The predicted molar refractivity (Wildman–Crippen MR) is 251 cm³/mol. The zero-order valence-corrected chi connectivity index (χ0v) is 40.9. The molecular formula is C40H67N11O17S2. The van der Waals surface area contributed by atoms with Gasteiger partial charge in [0.05, 0.1) is 38.4 Å². The van der Waals surface area contributed by atoms with E-state index < -0.39 is 164 Å². The van der Waals surface area contributed by atoms with Gasteiger partial charge in [-0.25, -0.2) is 4.79 Å². The van der Waals surface area contributed by atoms with Crippen molar-refractivity contribution in [3.63, 3.8) is 0 Å². The van der Waals surface area contributed by atoms with E-state index in [1.54, 1.807) is 27.7 Å². The number of carbonyl (C=O) groups excluding carboxylic acids is 9. The lowest BCUT2D eigenvalue weighted by Crippen LogP contribution is -2.60. The molecule has 0 aromatic heterocycles. The van der Waals surface area contributed by atoms with Crippen molar-refractivity contribution in [2.24, 2.45) is 23.3 Å². The molecule has 0 fully saturated rings. The van der Waals surface area contributed by atoms with Crippen LogP contribution in [0.15, 0.2) is 0 Å². The van der Waals surface area contributed by atoms with Crippen LogP contribution in [0.5, 0.6) is 0 Å². The second-order valence-electron chi connectivity index (χ2n) is 16.3. The van der Waals surface area contributed by atoms with Crippen molar-refractivity contribution in [3.8, 4) is 0 Å². The monoisotopic (exact) mass is 1040 g/mol. The summed E-state index contributed by atoms with van der Waals surface area (Å²) >= 11 is 7.76. The van der Waals surface area contributed by atoms with Gasteiger partial charge in [0.15, 0.2) is 0 Å². The van der Waals surface area contributed by atoms with E-state index in [0.29, 0.717) is 12.8 Å². The summed E-state index contributed by atoms with van der Waals surface area (Å²) in [5.41, 5.74) is 11.2. The van der Waals surface area contributed by atoms with Crippen molar-refractivity contribution >= 4 is 102 Å². The number of rotatable bonds is 35. The Kier molecular flexibility index (Phi) is 30.3. The first kappa shape index (κ1) is 63.7. The van der Waals surface area contributed by atoms with Gasteiger partial charge in [-0.2, -0.15) is 25.3 Å². The molecule has 0 aliphatic carbocycles. The van der Waals surface area contributed by atoms with Crippen LogP contribution in [-0.2, 0) is 62.3 Å². The SMILES string of the molecule is CC[C@H](C)[C@H](NC(=O)CNC(=O)CNC(=O)[C@H](CC(=O)O)NC(=O)[C@H](CC(C)C)NC(=O)[C@H](CCCCN)NC(=O)[C@H](CC(=O)O)NC(=O)[C@H](CC(=O)O)NC(=O)[C@@H](N)CS)C(=O)N[C@@H](CS)C(=O)O. The molecule has 0 aliphatic rings. The topological polar surface area (TPSA) is 463 Å². The Morgan fingerprint density at radius 1 is 0.500 bits per heavy atom. The number of carbonyl (C=O) groups is 13. The van der Waals surface area contributed by atoms with Crippen LogP contribution < -0.4 is 59.3 Å². The number of aliphatic carboxylic acids is 4. The summed E-state index contributed by atoms with van der Waals surface area (Å²) in [6.07, 6.45) is -2.52. The molecule has 70 heavy (non-hydrogen) atoms. The van der Waals surface area contributed by atoms with Crippen LogP contribution in [0.4, 0.5) is 0 Å². The molecule has 9 amide bonds. The summed E-state index contributed by atoms with van der Waals surface area (Å²) < 4.78 is 0. The van der Waals surface area contributed by atoms with E-state index in [1.807, 2.05) is 0 Å². The minimum absolute atomic E-state index is 0.132. The van der Waals surface area contributed by atoms with Gasteiger partial charge in [0.1, 0.15) is 42.3 Å². The normalized spacial score (nSPS) is 14.8. The number of hydrogen-bond donors (Lipinski definition) is 17. The van der Waals surface area contributed by atoms with Crippen LogP contribution >= 0.6 is 25.3 Å². The van der Waals surface area contributed by atoms with Crippen molar-refractivity contribution in [3.05, 3.63) is 0 Å². The zero-order valence-electron chi connectivity index (χ0n) is 39.1. The van der Waals surface area contributed by atoms with E-state index in [1.165, 1.54) is 0 Å². The molecule has 0 spiro atoms. The van der Waals surface area contributed by atoms with Gasteiger partial charge < -0.3 is 79.7 Å². The highest BCUT2D eigenvalue weighted by Gasteiger charge is 2.35. The van der Waals surface area contributed by atoms with Gasteiger partial charge in [-0.15, -0.1) is 0 Å². The third-order valence-electron chi connectivity index (χ3n) is 9.97. The second kappa shape index (κ2) is 33.3. The number of hydrogen-bond acceptors (Lipinski definition) is 17. The van der Waals surface area contributed by atoms with Crippen LogP contribution in [0.1, 0.15) is 79.1 Å². The van der Waals surface area contributed by atoms with Gasteiger partial charge in [-0.05, 0) is 44.1 Å². The predicted octanol–water partition coefficient (Wildman–Crippen LogP) is -5.47. The summed E-state index contributed by atoms with van der Waals surface area (Å²) in [5.74, 6) is -16.8. The standard InChI is InChI=1S/C40H67N11O17S2/c1-5-19(4)32(39(66)50-26(17-70)40(67)68)51-28(53)15-43-27(52)14-44-34(61)23(11-29(54)55)48-36(63)22(10-18(2)3)47-35(62)21(8-6-7-9-41)45-37(64)25(13-31(58)59)49-38(65)24(12-30(56)57)46-33(60)20(42)16-69/h18-26,32,69-70H,5-17,41-42H2,1-4H3,(H,43,52)(H,44,61)(H,45,64)(H,46,60)(H,47,62)(H,48,63)(H,49,65)(H,50,66)(H,51,53)(H,54,55)(H,56,57)(H,58,59)(H,67,68)/t19-,20-,21-,22-,23-,24-,25-,26-,32-/m0/s1. The van der Waals surface area contributed by atoms with Crippen LogP contribution in [0.25, 0.3) is 0 Å². The molecule has 0 heterocycles. The molecule has 17 N–H and O–H groups in total. The summed E-state index contributed by atoms with van der Waals surface area (Å²) in [7, 11) is 0. The number of unbranched alkanes of at least 4 members (excludes halogenated alkanes) is 1. The Labute approximate surface area is 413 Å². The van der Waals surface area contributed by atoms with Crippen molar-refractivity contribution < 1.29 is 82.8 Å². The average Bonchev–Trinajstić information content (AvgIpc) is 3.28. The molecule has 0 unspecified atom stereocenters. The first-order chi connectivity index (χ1) is 32.7. The molecule has 0 aromatic carbocycles. The molecule has 30 heteroatoms. The Morgan fingerprint density at radius 2 is 0.929 bits per heavy atom. The molecule has 0 saturated heterocycles. The number of thiol groups is 2. The lowest BCUT2D eigenvalue weighted by Gasteiger charge is -2.27. The molecule has 0 bridgehead atoms. The molecule has 0 radical (unpaired) electrons. The lowest BCUT2D eigenvalue weighted by molar-refractivity contribution is -0.143. The number of carboxylic acid groups (broad SMARTS) is 4. The zero-order chi connectivity index (χ0) is 53.8. The smallest absolute Gasteiger partial charge is 0.327 e. The molecule has 396 valence electrons. The lowest BCUT2D eigenvalue weighted by atomic mass is 9.98. The van der Waals surface area contributed by atoms with E-state index in [0.717, 1.165) is 0 Å². The second-order valence-corrected chi connectivity index (χ2v) is 17.0. The average molecular weight is 1040 g/mol. The molecule has 0 rings (SSSR count). The van der Waals surface area contributed by atoms with Crippen LogP contribution in [-0.4, -0.2) is 177 Å². The quantitative estimate of drug-likeness (QED) is 0.0208. The largest absolute Gasteiger partial charge is 0.481 e. The minimum Gasteiger partial charge on any atom is -0.481 e. The van der Waals surface area contributed by atoms with Crippen LogP contribution in [0, 0.1) is 11.8 Å². The maximum atomic E-state index is 13.8.